The fraction of sp³-hybridized carbons (Fsp3) is 0.500. The van der Waals surface area contributed by atoms with Gasteiger partial charge in [0, 0.05) is 6.04 Å². The first-order chi connectivity index (χ1) is 7.96. The first kappa shape index (κ1) is 12.2. The Kier molecular flexibility index (Phi) is 3.28. The first-order valence-corrected chi connectivity index (χ1v) is 5.57. The molecule has 0 aromatic heterocycles. The number of halogens is 3. The Morgan fingerprint density at radius 1 is 1.18 bits per heavy atom. The van der Waals surface area contributed by atoms with Gasteiger partial charge in [-0.3, -0.25) is 0 Å². The molecule has 1 aliphatic carbocycles. The molecule has 1 atom stereocenters. The van der Waals surface area contributed by atoms with E-state index in [0.29, 0.717) is 5.92 Å². The van der Waals surface area contributed by atoms with Crippen LogP contribution >= 0.6 is 0 Å². The predicted octanol–water partition coefficient (Wildman–Crippen LogP) is 3.39. The summed E-state index contributed by atoms with van der Waals surface area (Å²) in [6, 6.07) is 5.74. The fourth-order valence-electron chi connectivity index (χ4n) is 1.96. The molecule has 1 saturated carbocycles. The molecular weight excluding hydrogens is 231 g/mol. The van der Waals surface area contributed by atoms with Crippen molar-refractivity contribution < 1.29 is 17.9 Å². The summed E-state index contributed by atoms with van der Waals surface area (Å²) in [7, 11) is 0. The van der Waals surface area contributed by atoms with Gasteiger partial charge >= 0.3 is 6.36 Å². The van der Waals surface area contributed by atoms with Crippen molar-refractivity contribution in [3.63, 3.8) is 0 Å². The van der Waals surface area contributed by atoms with E-state index in [-0.39, 0.29) is 11.8 Å². The normalized spacial score (nSPS) is 18.6. The summed E-state index contributed by atoms with van der Waals surface area (Å²) in [6.45, 7) is 0. The molecule has 94 valence electrons. The van der Waals surface area contributed by atoms with E-state index in [1.165, 1.54) is 18.6 Å². The SMILES string of the molecule is NC(c1ccc(OC(F)(F)F)cc1)C1CCC1. The van der Waals surface area contributed by atoms with Crippen molar-refractivity contribution in [2.75, 3.05) is 0 Å². The Bertz CT molecular complexity index is 370. The second-order valence-electron chi connectivity index (χ2n) is 4.33. The summed E-state index contributed by atoms with van der Waals surface area (Å²) in [4.78, 5) is 0. The zero-order valence-electron chi connectivity index (χ0n) is 9.20. The van der Waals surface area contributed by atoms with Crippen LogP contribution in [0.2, 0.25) is 0 Å². The molecule has 0 radical (unpaired) electrons. The van der Waals surface area contributed by atoms with Gasteiger partial charge in [0.15, 0.2) is 0 Å². The highest BCUT2D eigenvalue weighted by molar-refractivity contribution is 5.29. The zero-order valence-corrected chi connectivity index (χ0v) is 9.20. The molecule has 1 unspecified atom stereocenters. The van der Waals surface area contributed by atoms with Crippen LogP contribution in [0.5, 0.6) is 5.75 Å². The number of nitrogens with two attached hydrogens (primary N) is 1. The maximum absolute atomic E-state index is 11.9. The Labute approximate surface area is 97.6 Å². The summed E-state index contributed by atoms with van der Waals surface area (Å²) in [5.74, 6) is 0.256. The molecule has 1 aromatic rings. The number of hydrogen-bond donors (Lipinski definition) is 1. The topological polar surface area (TPSA) is 35.2 Å². The lowest BCUT2D eigenvalue weighted by atomic mass is 9.78. The van der Waals surface area contributed by atoms with Gasteiger partial charge < -0.3 is 10.5 Å². The van der Waals surface area contributed by atoms with E-state index in [1.54, 1.807) is 12.1 Å². The second kappa shape index (κ2) is 4.56. The molecule has 2 N–H and O–H groups in total. The van der Waals surface area contributed by atoms with Crippen molar-refractivity contribution in [3.8, 4) is 5.75 Å². The molecule has 0 saturated heterocycles. The average molecular weight is 245 g/mol. The minimum absolute atomic E-state index is 0.0799. The van der Waals surface area contributed by atoms with Gasteiger partial charge in [0.1, 0.15) is 5.75 Å². The van der Waals surface area contributed by atoms with Gasteiger partial charge in [0.05, 0.1) is 0 Å². The number of hydrogen-bond acceptors (Lipinski definition) is 2. The van der Waals surface area contributed by atoms with E-state index in [1.807, 2.05) is 0 Å². The smallest absolute Gasteiger partial charge is 0.406 e. The second-order valence-corrected chi connectivity index (χ2v) is 4.33. The molecule has 1 aliphatic rings. The van der Waals surface area contributed by atoms with Crippen molar-refractivity contribution in [2.24, 2.45) is 11.7 Å². The van der Waals surface area contributed by atoms with E-state index in [0.717, 1.165) is 18.4 Å². The van der Waals surface area contributed by atoms with Crippen LogP contribution in [0.25, 0.3) is 0 Å². The quantitative estimate of drug-likeness (QED) is 0.885. The lowest BCUT2D eigenvalue weighted by molar-refractivity contribution is -0.274. The molecule has 0 heterocycles. The van der Waals surface area contributed by atoms with Crippen LogP contribution in [-0.2, 0) is 0 Å². The zero-order chi connectivity index (χ0) is 12.5. The molecular formula is C12H14F3NO. The van der Waals surface area contributed by atoms with E-state index >= 15 is 0 Å². The van der Waals surface area contributed by atoms with Crippen molar-refractivity contribution >= 4 is 0 Å². The Morgan fingerprint density at radius 3 is 2.18 bits per heavy atom. The lowest BCUT2D eigenvalue weighted by Gasteiger charge is -2.31. The van der Waals surface area contributed by atoms with Crippen LogP contribution < -0.4 is 10.5 Å². The Morgan fingerprint density at radius 2 is 1.76 bits per heavy atom. The van der Waals surface area contributed by atoms with Crippen LogP contribution in [0.4, 0.5) is 13.2 Å². The van der Waals surface area contributed by atoms with Crippen molar-refractivity contribution in [2.45, 2.75) is 31.7 Å². The molecule has 17 heavy (non-hydrogen) atoms. The van der Waals surface area contributed by atoms with Crippen LogP contribution in [-0.4, -0.2) is 6.36 Å². The number of rotatable bonds is 3. The lowest BCUT2D eigenvalue weighted by Crippen LogP contribution is -2.26. The summed E-state index contributed by atoms with van der Waals surface area (Å²) in [5, 5.41) is 0. The molecule has 2 rings (SSSR count). The predicted molar refractivity (Wildman–Crippen MR) is 57.4 cm³/mol. The van der Waals surface area contributed by atoms with Gasteiger partial charge in [0.25, 0.3) is 0 Å². The van der Waals surface area contributed by atoms with E-state index in [9.17, 15) is 13.2 Å². The summed E-state index contributed by atoms with van der Waals surface area (Å²) in [6.07, 6.45) is -1.25. The van der Waals surface area contributed by atoms with Crippen molar-refractivity contribution in [1.82, 2.24) is 0 Å². The van der Waals surface area contributed by atoms with Gasteiger partial charge in [-0.05, 0) is 36.5 Å². The van der Waals surface area contributed by atoms with Gasteiger partial charge in [-0.2, -0.15) is 0 Å². The van der Waals surface area contributed by atoms with Gasteiger partial charge in [-0.1, -0.05) is 18.6 Å². The van der Waals surface area contributed by atoms with Crippen LogP contribution in [0.1, 0.15) is 30.9 Å². The third kappa shape index (κ3) is 3.12. The number of alkyl halides is 3. The summed E-state index contributed by atoms with van der Waals surface area (Å²) >= 11 is 0. The Hall–Kier alpha value is -1.23. The highest BCUT2D eigenvalue weighted by atomic mass is 19.4. The van der Waals surface area contributed by atoms with Crippen LogP contribution in [0.3, 0.4) is 0 Å². The van der Waals surface area contributed by atoms with Crippen LogP contribution in [0, 0.1) is 5.92 Å². The monoisotopic (exact) mass is 245 g/mol. The van der Waals surface area contributed by atoms with Gasteiger partial charge in [-0.15, -0.1) is 13.2 Å². The summed E-state index contributed by atoms with van der Waals surface area (Å²) in [5.41, 5.74) is 6.88. The van der Waals surface area contributed by atoms with Crippen molar-refractivity contribution in [3.05, 3.63) is 29.8 Å². The summed E-state index contributed by atoms with van der Waals surface area (Å²) < 4.78 is 39.6. The molecule has 0 amide bonds. The number of benzene rings is 1. The molecule has 2 nitrogen and oxygen atoms in total. The molecule has 1 aromatic carbocycles. The van der Waals surface area contributed by atoms with E-state index < -0.39 is 6.36 Å². The largest absolute Gasteiger partial charge is 0.573 e. The maximum atomic E-state index is 11.9. The first-order valence-electron chi connectivity index (χ1n) is 5.57. The van der Waals surface area contributed by atoms with Crippen molar-refractivity contribution in [1.29, 1.82) is 0 Å². The van der Waals surface area contributed by atoms with Gasteiger partial charge in [0.2, 0.25) is 0 Å². The minimum Gasteiger partial charge on any atom is -0.406 e. The third-order valence-corrected chi connectivity index (χ3v) is 3.16. The molecule has 1 fully saturated rings. The standard InChI is InChI=1S/C12H14F3NO/c13-12(14,15)17-10-6-4-9(5-7-10)11(16)8-2-1-3-8/h4-8,11H,1-3,16H2. The average Bonchev–Trinajstić information content (AvgIpc) is 2.13. The third-order valence-electron chi connectivity index (χ3n) is 3.16. The van der Waals surface area contributed by atoms with E-state index in [4.69, 9.17) is 5.73 Å². The highest BCUT2D eigenvalue weighted by Crippen LogP contribution is 2.36. The van der Waals surface area contributed by atoms with Crippen LogP contribution in [0.15, 0.2) is 24.3 Å². The van der Waals surface area contributed by atoms with Gasteiger partial charge in [-0.25, -0.2) is 0 Å². The van der Waals surface area contributed by atoms with E-state index in [2.05, 4.69) is 4.74 Å². The highest BCUT2D eigenvalue weighted by Gasteiger charge is 2.31. The Balaban J connectivity index is 2.02. The molecule has 0 aliphatic heterocycles. The molecule has 5 heteroatoms. The minimum atomic E-state index is -4.64. The molecule has 0 spiro atoms. The fourth-order valence-corrected chi connectivity index (χ4v) is 1.96. The molecule has 0 bridgehead atoms. The maximum Gasteiger partial charge on any atom is 0.573 e. The number of ether oxygens (including phenoxy) is 1.